The van der Waals surface area contributed by atoms with Gasteiger partial charge in [-0.1, -0.05) is 418 Å². The molecule has 17 atom stereocenters. The Kier molecular flexibility index (Phi) is 66.4. The third-order valence-electron chi connectivity index (χ3n) is 23.9. The second kappa shape index (κ2) is 70.9. The summed E-state index contributed by atoms with van der Waals surface area (Å²) in [5, 5.41) is 121. The smallest absolute Gasteiger partial charge is 0.220 e. The third kappa shape index (κ3) is 49.6. The van der Waals surface area contributed by atoms with Gasteiger partial charge < -0.3 is 89.9 Å². The molecule has 0 aromatic carbocycles. The minimum Gasteiger partial charge on any atom is -0.394 e. The first kappa shape index (κ1) is 102. The molecular weight excluding hydrogens is 1380 g/mol. The van der Waals surface area contributed by atoms with Gasteiger partial charge in [-0.05, 0) is 12.8 Å². The third-order valence-corrected chi connectivity index (χ3v) is 23.9. The van der Waals surface area contributed by atoms with Crippen molar-refractivity contribution >= 4 is 5.91 Å². The normalized spacial score (nSPS) is 25.2. The number of aliphatic hydroxyl groups excluding tert-OH is 11. The molecule has 12 N–H and O–H groups in total. The van der Waals surface area contributed by atoms with E-state index in [1.54, 1.807) is 0 Å². The highest BCUT2D eigenvalue weighted by molar-refractivity contribution is 5.76. The number of amides is 1. The van der Waals surface area contributed by atoms with Gasteiger partial charge in [0.25, 0.3) is 0 Å². The molecule has 0 aliphatic carbocycles. The van der Waals surface area contributed by atoms with Gasteiger partial charge in [0.15, 0.2) is 18.9 Å². The Morgan fingerprint density at radius 2 is 0.523 bits per heavy atom. The first-order chi connectivity index (χ1) is 53.3. The summed E-state index contributed by atoms with van der Waals surface area (Å²) < 4.78 is 34.6. The number of carbonyl (C=O) groups excluding carboxylic acids is 1. The van der Waals surface area contributed by atoms with Crippen LogP contribution in [-0.4, -0.2) is 193 Å². The van der Waals surface area contributed by atoms with E-state index in [9.17, 15) is 61.0 Å². The van der Waals surface area contributed by atoms with Crippen LogP contribution in [0.4, 0.5) is 0 Å². The lowest BCUT2D eigenvalue weighted by Gasteiger charge is -2.48. The Morgan fingerprint density at radius 1 is 0.294 bits per heavy atom. The van der Waals surface area contributed by atoms with Crippen LogP contribution < -0.4 is 5.32 Å². The van der Waals surface area contributed by atoms with Crippen molar-refractivity contribution in [1.29, 1.82) is 0 Å². The quantitative estimate of drug-likeness (QED) is 0.0252. The summed E-state index contributed by atoms with van der Waals surface area (Å²) >= 11 is 0. The lowest BCUT2D eigenvalue weighted by atomic mass is 9.96. The van der Waals surface area contributed by atoms with Gasteiger partial charge in [0, 0.05) is 6.42 Å². The standard InChI is InChI=1S/C90H175NO18/c1-3-5-7-9-11-13-15-17-19-21-23-25-27-29-31-33-34-35-36-37-38-40-42-44-46-48-50-52-54-56-58-60-62-64-66-68-78(96)91-73(74(95)67-65-63-61-59-57-55-53-51-49-47-45-43-41-39-32-30-28-26-24-22-20-18-16-14-12-10-8-6-4-2)72-104-88-84(102)81(99)86(76(70-93)106-88)109-90-85(103)82(100)87(77(71-94)107-90)108-89-83(101)80(98)79(97)75(69-92)105-89/h73-77,79-90,92-95,97-103H,3-72H2,1-2H3,(H,91,96). The van der Waals surface area contributed by atoms with E-state index in [4.69, 9.17) is 28.4 Å². The Hall–Kier alpha value is -1.21. The van der Waals surface area contributed by atoms with Crippen LogP contribution in [0.1, 0.15) is 438 Å². The highest BCUT2D eigenvalue weighted by Gasteiger charge is 2.54. The number of hydrogen-bond acceptors (Lipinski definition) is 18. The highest BCUT2D eigenvalue weighted by Crippen LogP contribution is 2.34. The van der Waals surface area contributed by atoms with Gasteiger partial charge >= 0.3 is 0 Å². The molecular formula is C90H175NO18. The molecule has 109 heavy (non-hydrogen) atoms. The molecule has 3 rings (SSSR count). The molecule has 1 amide bonds. The molecule has 3 fully saturated rings. The maximum Gasteiger partial charge on any atom is 0.220 e. The van der Waals surface area contributed by atoms with E-state index >= 15 is 0 Å². The second-order valence-corrected chi connectivity index (χ2v) is 33.8. The minimum atomic E-state index is -1.97. The van der Waals surface area contributed by atoms with Crippen molar-refractivity contribution in [2.45, 2.75) is 542 Å². The van der Waals surface area contributed by atoms with Gasteiger partial charge in [-0.3, -0.25) is 4.79 Å². The zero-order valence-corrected chi connectivity index (χ0v) is 70.1. The number of unbranched alkanes of at least 4 members (excludes halogenated alkanes) is 62. The van der Waals surface area contributed by atoms with Crippen LogP contribution in [0, 0.1) is 0 Å². The van der Waals surface area contributed by atoms with Crippen molar-refractivity contribution in [3.63, 3.8) is 0 Å². The Labute approximate surface area is 665 Å². The average Bonchev–Trinajstić information content (AvgIpc) is 0.749. The highest BCUT2D eigenvalue weighted by atomic mass is 16.8. The summed E-state index contributed by atoms with van der Waals surface area (Å²) in [5.41, 5.74) is 0. The molecule has 0 saturated carbocycles. The fourth-order valence-electron chi connectivity index (χ4n) is 16.5. The van der Waals surface area contributed by atoms with Crippen LogP contribution in [0.15, 0.2) is 0 Å². The summed E-state index contributed by atoms with van der Waals surface area (Å²) in [6.45, 7) is 1.90. The predicted octanol–water partition coefficient (Wildman–Crippen LogP) is 18.1. The number of hydrogen-bond donors (Lipinski definition) is 12. The molecule has 19 heteroatoms. The molecule has 0 spiro atoms. The van der Waals surface area contributed by atoms with E-state index in [2.05, 4.69) is 19.2 Å². The van der Waals surface area contributed by atoms with E-state index in [1.165, 1.54) is 360 Å². The van der Waals surface area contributed by atoms with Gasteiger partial charge in [0.1, 0.15) is 73.2 Å². The zero-order chi connectivity index (χ0) is 78.8. The van der Waals surface area contributed by atoms with E-state index < -0.39 is 124 Å². The van der Waals surface area contributed by atoms with Crippen molar-refractivity contribution in [3.8, 4) is 0 Å². The Bertz CT molecular complexity index is 1960. The topological polar surface area (TPSA) is 307 Å². The van der Waals surface area contributed by atoms with Gasteiger partial charge in [-0.25, -0.2) is 0 Å². The van der Waals surface area contributed by atoms with E-state index in [0.29, 0.717) is 12.8 Å². The summed E-state index contributed by atoms with van der Waals surface area (Å²) in [6.07, 6.45) is 59.4. The molecule has 17 unspecified atom stereocenters. The number of aliphatic hydroxyl groups is 11. The number of ether oxygens (including phenoxy) is 6. The molecule has 0 radical (unpaired) electrons. The molecule has 3 heterocycles. The Morgan fingerprint density at radius 3 is 0.798 bits per heavy atom. The minimum absolute atomic E-state index is 0.230. The van der Waals surface area contributed by atoms with Gasteiger partial charge in [-0.2, -0.15) is 0 Å². The molecule has 0 aromatic rings. The van der Waals surface area contributed by atoms with Crippen LogP contribution in [0.5, 0.6) is 0 Å². The van der Waals surface area contributed by atoms with E-state index in [-0.39, 0.29) is 18.9 Å². The van der Waals surface area contributed by atoms with Crippen LogP contribution in [0.25, 0.3) is 0 Å². The average molecular weight is 1560 g/mol. The largest absolute Gasteiger partial charge is 0.394 e. The lowest BCUT2D eigenvalue weighted by molar-refractivity contribution is -0.379. The first-order valence-corrected chi connectivity index (χ1v) is 46.8. The molecule has 0 bridgehead atoms. The SMILES string of the molecule is CCCCCCCCCCCCCCCCCCCCCCCCCCCCCCCCCCCCCC(=O)NC(COC1OC(CO)C(OC2OC(CO)C(OC3OC(CO)C(O)C(O)C3O)C(O)C2O)C(O)C1O)C(O)CCCCCCCCCCCCCCCCCCCCCCCCCCCCCCC. The maximum absolute atomic E-state index is 13.6. The fourth-order valence-corrected chi connectivity index (χ4v) is 16.5. The molecule has 3 saturated heterocycles. The molecule has 19 nitrogen and oxygen atoms in total. The second-order valence-electron chi connectivity index (χ2n) is 33.8. The zero-order valence-electron chi connectivity index (χ0n) is 70.1. The summed E-state index contributed by atoms with van der Waals surface area (Å²) in [7, 11) is 0. The lowest BCUT2D eigenvalue weighted by Crippen LogP contribution is -2.66. The van der Waals surface area contributed by atoms with Crippen molar-refractivity contribution in [1.82, 2.24) is 5.32 Å². The number of nitrogens with one attached hydrogen (secondary N) is 1. The monoisotopic (exact) mass is 1560 g/mol. The van der Waals surface area contributed by atoms with Gasteiger partial charge in [-0.15, -0.1) is 0 Å². The summed E-state index contributed by atoms with van der Waals surface area (Å²) in [5.74, 6) is -0.230. The van der Waals surface area contributed by atoms with Gasteiger partial charge in [0.2, 0.25) is 5.91 Å². The van der Waals surface area contributed by atoms with Crippen molar-refractivity contribution in [2.75, 3.05) is 26.4 Å². The van der Waals surface area contributed by atoms with Crippen LogP contribution >= 0.6 is 0 Å². The molecule has 3 aliphatic heterocycles. The molecule has 0 aromatic heterocycles. The van der Waals surface area contributed by atoms with Crippen LogP contribution in [-0.2, 0) is 33.2 Å². The van der Waals surface area contributed by atoms with Crippen molar-refractivity contribution in [3.05, 3.63) is 0 Å². The summed E-state index contributed by atoms with van der Waals surface area (Å²) in [6, 6.07) is -0.885. The number of rotatable bonds is 78. The Balaban J connectivity index is 1.30. The van der Waals surface area contributed by atoms with E-state index in [0.717, 1.165) is 44.9 Å². The van der Waals surface area contributed by atoms with Crippen LogP contribution in [0.3, 0.4) is 0 Å². The number of carbonyl (C=O) groups is 1. The molecule has 3 aliphatic rings. The first-order valence-electron chi connectivity index (χ1n) is 46.8. The van der Waals surface area contributed by atoms with Crippen molar-refractivity contribution in [2.24, 2.45) is 0 Å². The molecule has 648 valence electrons. The van der Waals surface area contributed by atoms with Gasteiger partial charge in [0.05, 0.1) is 38.6 Å². The van der Waals surface area contributed by atoms with E-state index in [1.807, 2.05) is 0 Å². The fraction of sp³-hybridized carbons (Fsp3) is 0.989. The summed E-state index contributed by atoms with van der Waals surface area (Å²) in [4.78, 5) is 13.6. The van der Waals surface area contributed by atoms with Crippen molar-refractivity contribution < 1.29 is 89.4 Å². The van der Waals surface area contributed by atoms with Crippen LogP contribution in [0.2, 0.25) is 0 Å². The predicted molar refractivity (Wildman–Crippen MR) is 439 cm³/mol. The maximum atomic E-state index is 13.6.